The smallest absolute Gasteiger partial charge is 0.234 e. The van der Waals surface area contributed by atoms with Crippen LogP contribution >= 0.6 is 0 Å². The minimum atomic E-state index is -1.31. The number of halogens is 1. The first kappa shape index (κ1) is 23.5. The summed E-state index contributed by atoms with van der Waals surface area (Å²) >= 11 is 0. The molecule has 4 rings (SSSR count). The van der Waals surface area contributed by atoms with Crippen LogP contribution in [0.5, 0.6) is 0 Å². The maximum absolute atomic E-state index is 13.5. The van der Waals surface area contributed by atoms with Crippen LogP contribution in [0.1, 0.15) is 25.7 Å². The molecule has 4 heterocycles. The van der Waals surface area contributed by atoms with Crippen molar-refractivity contribution in [3.8, 4) is 0 Å². The average Bonchev–Trinajstić information content (AvgIpc) is 3.26. The molecule has 12 heteroatoms. The number of carbonyl (C=O) groups excluding carboxylic acids is 2. The first-order valence-corrected chi connectivity index (χ1v) is 11.5. The Morgan fingerprint density at radius 1 is 1.27 bits per heavy atom. The zero-order valence-electron chi connectivity index (χ0n) is 18.5. The number of alkyl halides is 1. The van der Waals surface area contributed by atoms with Crippen molar-refractivity contribution in [3.05, 3.63) is 23.4 Å². The van der Waals surface area contributed by atoms with E-state index in [2.05, 4.69) is 31.0 Å². The molecule has 3 aliphatic heterocycles. The maximum atomic E-state index is 13.5. The van der Waals surface area contributed by atoms with Gasteiger partial charge in [0.25, 0.3) is 0 Å². The lowest BCUT2D eigenvalue weighted by Crippen LogP contribution is -2.62. The molecule has 33 heavy (non-hydrogen) atoms. The monoisotopic (exact) mass is 462 g/mol. The van der Waals surface area contributed by atoms with Crippen molar-refractivity contribution in [2.45, 2.75) is 50.2 Å². The number of amides is 2. The number of nitrogens with one attached hydrogen (secondary N) is 3. The van der Waals surface area contributed by atoms with E-state index in [1.165, 1.54) is 0 Å². The Balaban J connectivity index is 1.44. The molecule has 2 amide bonds. The number of hydrogen-bond donors (Lipinski definition) is 4. The Kier molecular flexibility index (Phi) is 7.46. The number of anilines is 2. The standard InChI is InChI=1S/C21H31FN8O3/c22-13-10-25-20(26-11-13)18(19(23)28-33)21(32)27-15-12-24-6-3-16(15)29-8-4-14(5-9-29)30-7-1-2-17(30)31/h3,6,12-14,18-20,25-26H,1-2,4-5,7-11,23H2,(H,27,32). The molecule has 1 aromatic heterocycles. The molecule has 0 aliphatic carbocycles. The molecule has 5 N–H and O–H groups in total. The molecule has 3 saturated heterocycles. The number of nitrogens with zero attached hydrogens (tertiary/aromatic N) is 4. The van der Waals surface area contributed by atoms with Gasteiger partial charge in [0.1, 0.15) is 12.1 Å². The number of pyridine rings is 1. The van der Waals surface area contributed by atoms with Crippen molar-refractivity contribution in [2.24, 2.45) is 16.8 Å². The first-order valence-electron chi connectivity index (χ1n) is 11.5. The fraction of sp³-hybridized carbons (Fsp3) is 0.667. The van der Waals surface area contributed by atoms with E-state index in [0.29, 0.717) is 12.1 Å². The molecular formula is C21H31FN8O3. The van der Waals surface area contributed by atoms with E-state index < -0.39 is 30.3 Å². The molecule has 2 atom stereocenters. The minimum Gasteiger partial charge on any atom is -0.370 e. The molecule has 3 fully saturated rings. The van der Waals surface area contributed by atoms with Crippen LogP contribution in [0, 0.1) is 10.8 Å². The van der Waals surface area contributed by atoms with Crippen molar-refractivity contribution in [1.29, 1.82) is 0 Å². The van der Waals surface area contributed by atoms with Crippen molar-refractivity contribution < 1.29 is 14.0 Å². The van der Waals surface area contributed by atoms with E-state index in [0.717, 1.165) is 44.6 Å². The third-order valence-corrected chi connectivity index (χ3v) is 6.68. The summed E-state index contributed by atoms with van der Waals surface area (Å²) in [6.07, 6.45) is 3.40. The molecule has 0 radical (unpaired) electrons. The largest absolute Gasteiger partial charge is 0.370 e. The van der Waals surface area contributed by atoms with Crippen LogP contribution in [0.4, 0.5) is 15.8 Å². The van der Waals surface area contributed by atoms with E-state index in [1.54, 1.807) is 12.4 Å². The van der Waals surface area contributed by atoms with Gasteiger partial charge in [-0.25, -0.2) is 4.39 Å². The summed E-state index contributed by atoms with van der Waals surface area (Å²) in [4.78, 5) is 44.7. The molecule has 11 nitrogen and oxygen atoms in total. The number of likely N-dealkylation sites (tertiary alicyclic amines) is 1. The molecule has 0 saturated carbocycles. The molecule has 180 valence electrons. The molecule has 3 aliphatic rings. The van der Waals surface area contributed by atoms with Crippen LogP contribution in [-0.4, -0.2) is 79.0 Å². The van der Waals surface area contributed by atoms with Gasteiger partial charge in [0, 0.05) is 51.4 Å². The summed E-state index contributed by atoms with van der Waals surface area (Å²) in [5.74, 6) is -1.30. The molecule has 2 unspecified atom stereocenters. The normalized spacial score (nSPS) is 26.2. The van der Waals surface area contributed by atoms with Crippen molar-refractivity contribution in [1.82, 2.24) is 20.5 Å². The number of hydrogen-bond acceptors (Lipinski definition) is 9. The second-order valence-corrected chi connectivity index (χ2v) is 8.80. The fourth-order valence-corrected chi connectivity index (χ4v) is 4.93. The summed E-state index contributed by atoms with van der Waals surface area (Å²) in [6, 6.07) is 2.08. The SMILES string of the molecule is NC(N=O)C(C(=O)Nc1cnccc1N1CCC(N2CCCC2=O)CC1)C1NCC(F)CN1. The minimum absolute atomic E-state index is 0.0552. The average molecular weight is 463 g/mol. The van der Waals surface area contributed by atoms with Gasteiger partial charge in [-0.15, -0.1) is 4.91 Å². The topological polar surface area (TPSA) is 145 Å². The van der Waals surface area contributed by atoms with Gasteiger partial charge in [-0.3, -0.25) is 25.2 Å². The highest BCUT2D eigenvalue weighted by atomic mass is 19.1. The number of aromatic nitrogens is 1. The van der Waals surface area contributed by atoms with Gasteiger partial charge in [0.05, 0.1) is 23.7 Å². The third-order valence-electron chi connectivity index (χ3n) is 6.68. The van der Waals surface area contributed by atoms with Crippen LogP contribution in [0.3, 0.4) is 0 Å². The second-order valence-electron chi connectivity index (χ2n) is 8.80. The van der Waals surface area contributed by atoms with Crippen LogP contribution < -0.4 is 26.6 Å². The predicted octanol–water partition coefficient (Wildman–Crippen LogP) is 0.136. The van der Waals surface area contributed by atoms with Crippen LogP contribution in [0.2, 0.25) is 0 Å². The summed E-state index contributed by atoms with van der Waals surface area (Å²) in [6.45, 7) is 2.42. The highest BCUT2D eigenvalue weighted by molar-refractivity contribution is 5.96. The van der Waals surface area contributed by atoms with Crippen LogP contribution in [0.15, 0.2) is 23.6 Å². The number of rotatable bonds is 7. The second kappa shape index (κ2) is 10.5. The van der Waals surface area contributed by atoms with Crippen molar-refractivity contribution in [2.75, 3.05) is 42.9 Å². The van der Waals surface area contributed by atoms with E-state index in [9.17, 15) is 18.9 Å². The van der Waals surface area contributed by atoms with Gasteiger partial charge in [0.2, 0.25) is 11.8 Å². The number of piperidine rings is 1. The molecular weight excluding hydrogens is 431 g/mol. The fourth-order valence-electron chi connectivity index (χ4n) is 4.93. The van der Waals surface area contributed by atoms with Crippen LogP contribution in [-0.2, 0) is 9.59 Å². The Morgan fingerprint density at radius 3 is 2.64 bits per heavy atom. The number of carbonyl (C=O) groups is 2. The summed E-state index contributed by atoms with van der Waals surface area (Å²) in [5.41, 5.74) is 7.14. The lowest BCUT2D eigenvalue weighted by molar-refractivity contribution is -0.130. The Morgan fingerprint density at radius 2 is 2.00 bits per heavy atom. The quantitative estimate of drug-likeness (QED) is 0.419. The van der Waals surface area contributed by atoms with E-state index in [1.807, 2.05) is 11.0 Å². The third kappa shape index (κ3) is 5.28. The summed E-state index contributed by atoms with van der Waals surface area (Å²) in [5, 5.41) is 11.4. The number of nitroso groups, excluding NO2 is 1. The van der Waals surface area contributed by atoms with Crippen LogP contribution in [0.25, 0.3) is 0 Å². The molecule has 1 aromatic rings. The maximum Gasteiger partial charge on any atom is 0.234 e. The van der Waals surface area contributed by atoms with Gasteiger partial charge >= 0.3 is 0 Å². The van der Waals surface area contributed by atoms with E-state index in [4.69, 9.17) is 5.73 Å². The Hall–Kier alpha value is -2.70. The molecule has 0 bridgehead atoms. The highest BCUT2D eigenvalue weighted by Gasteiger charge is 2.38. The summed E-state index contributed by atoms with van der Waals surface area (Å²) < 4.78 is 13.5. The highest BCUT2D eigenvalue weighted by Crippen LogP contribution is 2.30. The van der Waals surface area contributed by atoms with Gasteiger partial charge in [-0.1, -0.05) is 5.18 Å². The van der Waals surface area contributed by atoms with Gasteiger partial charge in [0.15, 0.2) is 6.17 Å². The first-order chi connectivity index (χ1) is 16.0. The van der Waals surface area contributed by atoms with Crippen molar-refractivity contribution in [3.63, 3.8) is 0 Å². The zero-order valence-corrected chi connectivity index (χ0v) is 18.5. The van der Waals surface area contributed by atoms with Gasteiger partial charge < -0.3 is 20.9 Å². The zero-order chi connectivity index (χ0) is 23.4. The van der Waals surface area contributed by atoms with E-state index >= 15 is 0 Å². The van der Waals surface area contributed by atoms with Crippen molar-refractivity contribution >= 4 is 23.2 Å². The molecule has 0 aromatic carbocycles. The lowest BCUT2D eigenvalue weighted by atomic mass is 9.99. The predicted molar refractivity (Wildman–Crippen MR) is 121 cm³/mol. The molecule has 0 spiro atoms. The summed E-state index contributed by atoms with van der Waals surface area (Å²) in [7, 11) is 0. The van der Waals surface area contributed by atoms with Gasteiger partial charge in [-0.2, -0.15) is 0 Å². The van der Waals surface area contributed by atoms with E-state index in [-0.39, 0.29) is 25.0 Å². The Bertz CT molecular complexity index is 858. The lowest BCUT2D eigenvalue weighted by Gasteiger charge is -2.38. The van der Waals surface area contributed by atoms with Gasteiger partial charge in [-0.05, 0) is 25.3 Å². The number of nitrogens with two attached hydrogens (primary N) is 1. The Labute approximate surface area is 191 Å².